The Balaban J connectivity index is 1.89. The molecule has 1 heterocycles. The average Bonchev–Trinajstić information content (AvgIpc) is 2.57. The summed E-state index contributed by atoms with van der Waals surface area (Å²) in [7, 11) is 0. The van der Waals surface area contributed by atoms with Crippen LogP contribution in [0.4, 0.5) is 0 Å². The Morgan fingerprint density at radius 2 is 1.71 bits per heavy atom. The minimum atomic E-state index is -1.17. The van der Waals surface area contributed by atoms with Gasteiger partial charge in [-0.1, -0.05) is 23.8 Å². The van der Waals surface area contributed by atoms with Gasteiger partial charge in [-0.05, 0) is 42.8 Å². The number of hydrogen-bond acceptors (Lipinski definition) is 4. The third-order valence-electron chi connectivity index (χ3n) is 3.53. The molecule has 0 unspecified atom stereocenters. The van der Waals surface area contributed by atoms with Crippen molar-refractivity contribution in [3.8, 4) is 28.4 Å². The SMILES string of the molecule is Cc1ccc(Oc2cncc(-c3ccc(C(=O)O)c(O)c3)c2)cc1. The molecule has 0 spiro atoms. The zero-order valence-corrected chi connectivity index (χ0v) is 12.9. The second-order valence-corrected chi connectivity index (χ2v) is 5.36. The van der Waals surface area contributed by atoms with Gasteiger partial charge in [-0.3, -0.25) is 4.98 Å². The molecule has 120 valence electrons. The monoisotopic (exact) mass is 321 g/mol. The Bertz CT molecular complexity index is 888. The number of hydrogen-bond donors (Lipinski definition) is 2. The van der Waals surface area contributed by atoms with Crippen LogP contribution < -0.4 is 4.74 Å². The summed E-state index contributed by atoms with van der Waals surface area (Å²) in [6, 6.07) is 13.8. The summed E-state index contributed by atoms with van der Waals surface area (Å²) in [4.78, 5) is 15.1. The van der Waals surface area contributed by atoms with Crippen molar-refractivity contribution >= 4 is 5.97 Å². The number of aryl methyl sites for hydroxylation is 1. The van der Waals surface area contributed by atoms with Crippen molar-refractivity contribution in [1.29, 1.82) is 0 Å². The van der Waals surface area contributed by atoms with Crippen LogP contribution in [0.15, 0.2) is 60.9 Å². The maximum atomic E-state index is 11.0. The first-order valence-electron chi connectivity index (χ1n) is 7.29. The predicted molar refractivity (Wildman–Crippen MR) is 89.6 cm³/mol. The molecule has 0 saturated heterocycles. The number of pyridine rings is 1. The average molecular weight is 321 g/mol. The van der Waals surface area contributed by atoms with Gasteiger partial charge >= 0.3 is 5.97 Å². The zero-order valence-electron chi connectivity index (χ0n) is 12.9. The number of nitrogens with zero attached hydrogens (tertiary/aromatic N) is 1. The van der Waals surface area contributed by atoms with Gasteiger partial charge in [0.25, 0.3) is 0 Å². The van der Waals surface area contributed by atoms with Crippen LogP contribution >= 0.6 is 0 Å². The normalized spacial score (nSPS) is 10.4. The predicted octanol–water partition coefficient (Wildman–Crippen LogP) is 4.25. The molecule has 5 nitrogen and oxygen atoms in total. The smallest absolute Gasteiger partial charge is 0.339 e. The molecule has 0 fully saturated rings. The van der Waals surface area contributed by atoms with Crippen LogP contribution in [-0.2, 0) is 0 Å². The minimum Gasteiger partial charge on any atom is -0.507 e. The van der Waals surface area contributed by atoms with E-state index in [4.69, 9.17) is 9.84 Å². The van der Waals surface area contributed by atoms with Crippen LogP contribution in [0.2, 0.25) is 0 Å². The number of ether oxygens (including phenoxy) is 1. The number of aromatic carboxylic acids is 1. The third-order valence-corrected chi connectivity index (χ3v) is 3.53. The van der Waals surface area contributed by atoms with Gasteiger partial charge in [-0.2, -0.15) is 0 Å². The van der Waals surface area contributed by atoms with Crippen LogP contribution in [0, 0.1) is 6.92 Å². The number of carboxylic acids is 1. The lowest BCUT2D eigenvalue weighted by Gasteiger charge is -2.08. The van der Waals surface area contributed by atoms with Gasteiger partial charge in [0.15, 0.2) is 0 Å². The Labute approximate surface area is 138 Å². The van der Waals surface area contributed by atoms with E-state index in [9.17, 15) is 9.90 Å². The Kier molecular flexibility index (Phi) is 4.16. The Hall–Kier alpha value is -3.34. The first-order valence-corrected chi connectivity index (χ1v) is 7.29. The van der Waals surface area contributed by atoms with Crippen LogP contribution in [0.3, 0.4) is 0 Å². The van der Waals surface area contributed by atoms with Crippen molar-refractivity contribution in [2.75, 3.05) is 0 Å². The second kappa shape index (κ2) is 6.42. The highest BCUT2D eigenvalue weighted by molar-refractivity contribution is 5.91. The van der Waals surface area contributed by atoms with Gasteiger partial charge in [0.05, 0.1) is 6.20 Å². The van der Waals surface area contributed by atoms with Crippen molar-refractivity contribution in [3.05, 3.63) is 72.1 Å². The van der Waals surface area contributed by atoms with E-state index in [0.29, 0.717) is 22.6 Å². The van der Waals surface area contributed by atoms with E-state index in [-0.39, 0.29) is 11.3 Å². The lowest BCUT2D eigenvalue weighted by molar-refractivity contribution is 0.0694. The highest BCUT2D eigenvalue weighted by atomic mass is 16.5. The fourth-order valence-electron chi connectivity index (χ4n) is 2.27. The molecule has 0 amide bonds. The number of phenols is 1. The maximum Gasteiger partial charge on any atom is 0.339 e. The van der Waals surface area contributed by atoms with Crippen molar-refractivity contribution in [2.45, 2.75) is 6.92 Å². The topological polar surface area (TPSA) is 79.7 Å². The van der Waals surface area contributed by atoms with E-state index in [1.165, 1.54) is 12.1 Å². The Morgan fingerprint density at radius 1 is 0.958 bits per heavy atom. The highest BCUT2D eigenvalue weighted by Gasteiger charge is 2.11. The van der Waals surface area contributed by atoms with Crippen molar-refractivity contribution < 1.29 is 19.7 Å². The van der Waals surface area contributed by atoms with Crippen LogP contribution in [-0.4, -0.2) is 21.2 Å². The fraction of sp³-hybridized carbons (Fsp3) is 0.0526. The summed E-state index contributed by atoms with van der Waals surface area (Å²) < 4.78 is 5.77. The molecule has 0 atom stereocenters. The zero-order chi connectivity index (χ0) is 17.1. The summed E-state index contributed by atoms with van der Waals surface area (Å²) in [5.74, 6) is -0.208. The van der Waals surface area contributed by atoms with Crippen molar-refractivity contribution in [2.24, 2.45) is 0 Å². The summed E-state index contributed by atoms with van der Waals surface area (Å²) >= 11 is 0. The molecule has 0 aliphatic heterocycles. The molecule has 0 aliphatic rings. The molecule has 2 N–H and O–H groups in total. The second-order valence-electron chi connectivity index (χ2n) is 5.36. The molecule has 2 aromatic carbocycles. The number of benzene rings is 2. The largest absolute Gasteiger partial charge is 0.507 e. The van der Waals surface area contributed by atoms with Crippen LogP contribution in [0.5, 0.6) is 17.2 Å². The minimum absolute atomic E-state index is 0.140. The molecule has 24 heavy (non-hydrogen) atoms. The van der Waals surface area contributed by atoms with Gasteiger partial charge in [0.2, 0.25) is 0 Å². The summed E-state index contributed by atoms with van der Waals surface area (Å²) in [5.41, 5.74) is 2.37. The first kappa shape index (κ1) is 15.6. The number of aromatic hydroxyl groups is 1. The maximum absolute atomic E-state index is 11.0. The molecular formula is C19H15NO4. The van der Waals surface area contributed by atoms with E-state index in [2.05, 4.69) is 4.98 Å². The molecule has 0 saturated carbocycles. The lowest BCUT2D eigenvalue weighted by Crippen LogP contribution is -1.96. The van der Waals surface area contributed by atoms with E-state index >= 15 is 0 Å². The van der Waals surface area contributed by atoms with E-state index < -0.39 is 5.97 Å². The molecule has 0 radical (unpaired) electrons. The number of aromatic nitrogens is 1. The molecule has 3 aromatic rings. The van der Waals surface area contributed by atoms with E-state index in [0.717, 1.165) is 5.56 Å². The molecule has 3 rings (SSSR count). The van der Waals surface area contributed by atoms with Crippen molar-refractivity contribution in [1.82, 2.24) is 4.98 Å². The van der Waals surface area contributed by atoms with Crippen LogP contribution in [0.1, 0.15) is 15.9 Å². The number of rotatable bonds is 4. The van der Waals surface area contributed by atoms with E-state index in [1.807, 2.05) is 31.2 Å². The highest BCUT2D eigenvalue weighted by Crippen LogP contribution is 2.29. The van der Waals surface area contributed by atoms with Gasteiger partial charge in [-0.25, -0.2) is 4.79 Å². The Morgan fingerprint density at radius 3 is 2.38 bits per heavy atom. The number of carbonyl (C=O) groups is 1. The van der Waals surface area contributed by atoms with Gasteiger partial charge in [0, 0.05) is 11.8 Å². The van der Waals surface area contributed by atoms with E-state index in [1.54, 1.807) is 24.5 Å². The van der Waals surface area contributed by atoms with Crippen LogP contribution in [0.25, 0.3) is 11.1 Å². The van der Waals surface area contributed by atoms with Gasteiger partial charge in [0.1, 0.15) is 22.8 Å². The van der Waals surface area contributed by atoms with Gasteiger partial charge < -0.3 is 14.9 Å². The summed E-state index contributed by atoms with van der Waals surface area (Å²) in [5, 5.41) is 18.8. The quantitative estimate of drug-likeness (QED) is 0.751. The van der Waals surface area contributed by atoms with Gasteiger partial charge in [-0.15, -0.1) is 0 Å². The lowest BCUT2D eigenvalue weighted by atomic mass is 10.0. The van der Waals surface area contributed by atoms with Crippen molar-refractivity contribution in [3.63, 3.8) is 0 Å². The molecule has 5 heteroatoms. The first-order chi connectivity index (χ1) is 11.5. The number of carboxylic acid groups (broad SMARTS) is 1. The molecule has 0 aliphatic carbocycles. The summed E-state index contributed by atoms with van der Waals surface area (Å²) in [6.45, 7) is 2.00. The molecular weight excluding hydrogens is 306 g/mol. The molecule has 0 bridgehead atoms. The fourth-order valence-corrected chi connectivity index (χ4v) is 2.27. The molecule has 1 aromatic heterocycles. The third kappa shape index (κ3) is 3.35. The summed E-state index contributed by atoms with van der Waals surface area (Å²) in [6.07, 6.45) is 3.21. The standard InChI is InChI=1S/C19H15NO4/c1-12-2-5-15(6-3-12)24-16-8-14(10-20-11-16)13-4-7-17(19(22)23)18(21)9-13/h2-11,21H,1H3,(H,22,23).